The molecule has 21 heavy (non-hydrogen) atoms. The zero-order valence-electron chi connectivity index (χ0n) is 11.7. The summed E-state index contributed by atoms with van der Waals surface area (Å²) in [6, 6.07) is 4.28. The van der Waals surface area contributed by atoms with Crippen LogP contribution >= 0.6 is 23.1 Å². The third kappa shape index (κ3) is 3.33. The molecule has 0 atom stereocenters. The van der Waals surface area contributed by atoms with Crippen LogP contribution in [0.25, 0.3) is 11.3 Å². The van der Waals surface area contributed by atoms with Gasteiger partial charge in [-0.05, 0) is 44.4 Å². The first-order valence-corrected chi connectivity index (χ1v) is 7.28. The molecule has 0 aliphatic carbocycles. The van der Waals surface area contributed by atoms with Gasteiger partial charge in [0, 0.05) is 0 Å². The van der Waals surface area contributed by atoms with Crippen molar-refractivity contribution in [2.45, 2.75) is 26.4 Å². The van der Waals surface area contributed by atoms with Crippen LogP contribution in [0.3, 0.4) is 0 Å². The second-order valence-electron chi connectivity index (χ2n) is 5.37. The predicted octanol–water partition coefficient (Wildman–Crippen LogP) is 4.14. The third-order valence-electron chi connectivity index (χ3n) is 2.51. The number of rotatable bonds is 2. The number of nitrogen functional groups attached to an aromatic ring is 1. The number of hydrogen-bond acceptors (Lipinski definition) is 5. The first-order valence-electron chi connectivity index (χ1n) is 6.13. The van der Waals surface area contributed by atoms with Crippen LogP contribution in [0.4, 0.5) is 10.1 Å². The summed E-state index contributed by atoms with van der Waals surface area (Å²) in [4.78, 5) is 12.2. The number of aromatic nitrogens is 1. The number of hydrogen-bond donors (Lipinski definition) is 1. The Morgan fingerprint density at radius 3 is 2.67 bits per heavy atom. The first-order chi connectivity index (χ1) is 9.70. The predicted molar refractivity (Wildman–Crippen MR) is 82.1 cm³/mol. The molecule has 112 valence electrons. The second kappa shape index (κ2) is 5.61. The molecule has 2 N–H and O–H groups in total. The Labute approximate surface area is 130 Å². The van der Waals surface area contributed by atoms with Crippen LogP contribution in [0.1, 0.15) is 30.4 Å². The Morgan fingerprint density at radius 1 is 1.43 bits per heavy atom. The van der Waals surface area contributed by atoms with E-state index in [4.69, 9.17) is 22.1 Å². The minimum Gasteiger partial charge on any atom is -0.456 e. The van der Waals surface area contributed by atoms with Crippen molar-refractivity contribution in [2.24, 2.45) is 0 Å². The summed E-state index contributed by atoms with van der Waals surface area (Å²) in [6.07, 6.45) is 0. The average Bonchev–Trinajstić information content (AvgIpc) is 2.69. The fraction of sp³-hybridized carbons (Fsp3) is 0.286. The van der Waals surface area contributed by atoms with Crippen LogP contribution in [0.5, 0.6) is 0 Å². The molecule has 1 heterocycles. The van der Waals surface area contributed by atoms with E-state index in [2.05, 4.69) is 4.37 Å². The maximum Gasteiger partial charge on any atom is 0.352 e. The zero-order valence-corrected chi connectivity index (χ0v) is 13.3. The summed E-state index contributed by atoms with van der Waals surface area (Å²) in [5.41, 5.74) is 5.58. The van der Waals surface area contributed by atoms with Crippen LogP contribution in [0, 0.1) is 5.82 Å². The van der Waals surface area contributed by atoms with E-state index in [1.807, 2.05) is 0 Å². The Kier molecular flexibility index (Phi) is 4.20. The van der Waals surface area contributed by atoms with Crippen molar-refractivity contribution in [2.75, 3.05) is 5.73 Å². The highest BCUT2D eigenvalue weighted by Crippen LogP contribution is 2.37. The topological polar surface area (TPSA) is 65.2 Å². The van der Waals surface area contributed by atoms with Gasteiger partial charge in [0.15, 0.2) is 4.88 Å². The summed E-state index contributed by atoms with van der Waals surface area (Å²) < 4.78 is 23.2. The van der Waals surface area contributed by atoms with E-state index in [-0.39, 0.29) is 26.8 Å². The molecular formula is C14H14ClFN2O2S. The van der Waals surface area contributed by atoms with E-state index in [9.17, 15) is 9.18 Å². The standard InChI is InChI=1S/C14H14ClFN2O2S/c1-14(2,3)20-13(19)12-10(17)11(18-21-12)9-7(15)5-4-6-8(9)16/h4-6H,17H2,1-3H3. The molecule has 2 aromatic rings. The van der Waals surface area contributed by atoms with E-state index in [0.29, 0.717) is 0 Å². The molecule has 0 bridgehead atoms. The minimum atomic E-state index is -0.649. The lowest BCUT2D eigenvalue weighted by Gasteiger charge is -2.18. The minimum absolute atomic E-state index is 0.0706. The van der Waals surface area contributed by atoms with Gasteiger partial charge in [-0.25, -0.2) is 9.18 Å². The number of ether oxygens (including phenoxy) is 1. The Morgan fingerprint density at radius 2 is 2.10 bits per heavy atom. The largest absolute Gasteiger partial charge is 0.456 e. The van der Waals surface area contributed by atoms with Crippen LogP contribution in [0.2, 0.25) is 5.02 Å². The van der Waals surface area contributed by atoms with Gasteiger partial charge in [-0.2, -0.15) is 4.37 Å². The van der Waals surface area contributed by atoms with Crippen molar-refractivity contribution < 1.29 is 13.9 Å². The van der Waals surface area contributed by atoms with E-state index >= 15 is 0 Å². The van der Waals surface area contributed by atoms with Crippen molar-refractivity contribution in [3.8, 4) is 11.3 Å². The highest BCUT2D eigenvalue weighted by molar-refractivity contribution is 7.09. The van der Waals surface area contributed by atoms with Crippen LogP contribution in [0.15, 0.2) is 18.2 Å². The Balaban J connectivity index is 2.44. The van der Waals surface area contributed by atoms with Crippen LogP contribution < -0.4 is 5.73 Å². The van der Waals surface area contributed by atoms with Crippen molar-refractivity contribution in [3.63, 3.8) is 0 Å². The average molecular weight is 329 g/mol. The molecule has 0 radical (unpaired) electrons. The molecule has 7 heteroatoms. The second-order valence-corrected chi connectivity index (χ2v) is 6.55. The van der Waals surface area contributed by atoms with Crippen LogP contribution in [-0.2, 0) is 4.74 Å². The number of benzene rings is 1. The zero-order chi connectivity index (χ0) is 15.8. The number of carbonyl (C=O) groups is 1. The van der Waals surface area contributed by atoms with Crippen LogP contribution in [-0.4, -0.2) is 15.9 Å². The van der Waals surface area contributed by atoms with E-state index in [1.165, 1.54) is 18.2 Å². The lowest BCUT2D eigenvalue weighted by molar-refractivity contribution is 0.00764. The van der Waals surface area contributed by atoms with E-state index in [0.717, 1.165) is 11.5 Å². The Bertz CT molecular complexity index is 675. The summed E-state index contributed by atoms with van der Waals surface area (Å²) >= 11 is 6.85. The number of nitrogens with zero attached hydrogens (tertiary/aromatic N) is 1. The Hall–Kier alpha value is -1.66. The molecule has 0 fully saturated rings. The van der Waals surface area contributed by atoms with Gasteiger partial charge < -0.3 is 10.5 Å². The SMILES string of the molecule is CC(C)(C)OC(=O)c1snc(-c2c(F)cccc2Cl)c1N. The molecule has 2 rings (SSSR count). The fourth-order valence-corrected chi connectivity index (χ4v) is 2.61. The number of nitrogens with two attached hydrogens (primary N) is 1. The molecule has 0 spiro atoms. The molecule has 0 aliphatic heterocycles. The molecule has 0 aliphatic rings. The van der Waals surface area contributed by atoms with Gasteiger partial charge in [-0.15, -0.1) is 0 Å². The first kappa shape index (κ1) is 15.7. The van der Waals surface area contributed by atoms with Gasteiger partial charge in [0.2, 0.25) is 0 Å². The van der Waals surface area contributed by atoms with Gasteiger partial charge in [0.1, 0.15) is 17.1 Å². The monoisotopic (exact) mass is 328 g/mol. The molecule has 4 nitrogen and oxygen atoms in total. The lowest BCUT2D eigenvalue weighted by atomic mass is 10.1. The van der Waals surface area contributed by atoms with E-state index < -0.39 is 17.4 Å². The summed E-state index contributed by atoms with van der Waals surface area (Å²) in [7, 11) is 0. The lowest BCUT2D eigenvalue weighted by Crippen LogP contribution is -2.23. The van der Waals surface area contributed by atoms with Gasteiger partial charge >= 0.3 is 5.97 Å². The molecular weight excluding hydrogens is 315 g/mol. The summed E-state index contributed by atoms with van der Waals surface area (Å²) in [5, 5.41) is 0.183. The summed E-state index contributed by atoms with van der Waals surface area (Å²) in [5.74, 6) is -1.13. The van der Waals surface area contributed by atoms with Gasteiger partial charge in [-0.3, -0.25) is 0 Å². The van der Waals surface area contributed by atoms with Crippen molar-refractivity contribution in [1.82, 2.24) is 4.37 Å². The highest BCUT2D eigenvalue weighted by atomic mass is 35.5. The maximum absolute atomic E-state index is 13.9. The van der Waals surface area contributed by atoms with Crippen molar-refractivity contribution in [3.05, 3.63) is 33.9 Å². The highest BCUT2D eigenvalue weighted by Gasteiger charge is 2.26. The normalized spacial score (nSPS) is 11.5. The van der Waals surface area contributed by atoms with Gasteiger partial charge in [0.25, 0.3) is 0 Å². The smallest absolute Gasteiger partial charge is 0.352 e. The number of halogens is 2. The number of anilines is 1. The molecule has 1 aromatic carbocycles. The fourth-order valence-electron chi connectivity index (χ4n) is 1.67. The molecule has 1 aromatic heterocycles. The summed E-state index contributed by atoms with van der Waals surface area (Å²) in [6.45, 7) is 5.24. The van der Waals surface area contributed by atoms with Crippen molar-refractivity contribution in [1.29, 1.82) is 0 Å². The maximum atomic E-state index is 13.9. The third-order valence-corrected chi connectivity index (χ3v) is 3.67. The molecule has 0 saturated carbocycles. The van der Waals surface area contributed by atoms with Crippen molar-refractivity contribution >= 4 is 34.8 Å². The van der Waals surface area contributed by atoms with E-state index in [1.54, 1.807) is 20.8 Å². The molecule has 0 saturated heterocycles. The molecule has 0 amide bonds. The quantitative estimate of drug-likeness (QED) is 0.841. The number of carbonyl (C=O) groups excluding carboxylic acids is 1. The number of esters is 1. The van der Waals surface area contributed by atoms with Gasteiger partial charge in [0.05, 0.1) is 16.3 Å². The molecule has 0 unspecified atom stereocenters. The van der Waals surface area contributed by atoms with Gasteiger partial charge in [-0.1, -0.05) is 17.7 Å².